The Hall–Kier alpha value is -0.330. The monoisotopic (exact) mass is 222 g/mol. The van der Waals surface area contributed by atoms with E-state index in [9.17, 15) is 4.79 Å². The zero-order valence-electron chi connectivity index (χ0n) is 11.3. The third kappa shape index (κ3) is 1.83. The molecule has 0 amide bonds. The molecule has 0 N–H and O–H groups in total. The van der Waals surface area contributed by atoms with Crippen molar-refractivity contribution in [2.24, 2.45) is 22.7 Å². The molecule has 0 atom stereocenters. The van der Waals surface area contributed by atoms with Gasteiger partial charge in [-0.2, -0.15) is 0 Å². The molecule has 92 valence electrons. The van der Waals surface area contributed by atoms with Crippen LogP contribution in [0, 0.1) is 22.7 Å². The average Bonchev–Trinajstić information content (AvgIpc) is 2.98. The van der Waals surface area contributed by atoms with Crippen molar-refractivity contribution in [1.29, 1.82) is 0 Å². The molecule has 0 aromatic heterocycles. The molecule has 0 aromatic carbocycles. The Morgan fingerprint density at radius 3 is 1.62 bits per heavy atom. The fraction of sp³-hybridized carbons (Fsp3) is 0.933. The van der Waals surface area contributed by atoms with Crippen LogP contribution in [0.25, 0.3) is 0 Å². The zero-order chi connectivity index (χ0) is 12.0. The van der Waals surface area contributed by atoms with Gasteiger partial charge in [-0.05, 0) is 49.9 Å². The Bertz CT molecular complexity index is 274. The maximum atomic E-state index is 12.5. The van der Waals surface area contributed by atoms with E-state index in [1.165, 1.54) is 25.7 Å². The maximum absolute atomic E-state index is 12.5. The van der Waals surface area contributed by atoms with Crippen molar-refractivity contribution in [3.05, 3.63) is 0 Å². The highest BCUT2D eigenvalue weighted by molar-refractivity contribution is 5.86. The zero-order valence-corrected chi connectivity index (χ0v) is 11.3. The summed E-state index contributed by atoms with van der Waals surface area (Å²) >= 11 is 0. The molecule has 0 heterocycles. The second kappa shape index (κ2) is 3.85. The number of carbonyl (C=O) groups excluding carboxylic acids is 1. The van der Waals surface area contributed by atoms with Crippen molar-refractivity contribution >= 4 is 5.78 Å². The molecular weight excluding hydrogens is 196 g/mol. The second-order valence-electron chi connectivity index (χ2n) is 6.83. The van der Waals surface area contributed by atoms with Crippen molar-refractivity contribution in [3.63, 3.8) is 0 Å². The van der Waals surface area contributed by atoms with E-state index in [0.717, 1.165) is 12.8 Å². The first-order valence-corrected chi connectivity index (χ1v) is 6.96. The number of rotatable bonds is 3. The lowest BCUT2D eigenvalue weighted by Crippen LogP contribution is -2.42. The van der Waals surface area contributed by atoms with Crippen LogP contribution in [-0.2, 0) is 4.79 Å². The van der Waals surface area contributed by atoms with Crippen molar-refractivity contribution in [1.82, 2.24) is 0 Å². The number of Topliss-reactive ketones (excluding diaryl/α,β-unsaturated/α-hetero) is 1. The van der Waals surface area contributed by atoms with Crippen LogP contribution in [0.2, 0.25) is 0 Å². The highest BCUT2D eigenvalue weighted by atomic mass is 16.1. The van der Waals surface area contributed by atoms with Gasteiger partial charge in [-0.3, -0.25) is 4.79 Å². The predicted octanol–water partition coefficient (Wildman–Crippen LogP) is 4.21. The van der Waals surface area contributed by atoms with E-state index < -0.39 is 0 Å². The predicted molar refractivity (Wildman–Crippen MR) is 67.3 cm³/mol. The van der Waals surface area contributed by atoms with Crippen LogP contribution in [0.5, 0.6) is 0 Å². The van der Waals surface area contributed by atoms with Crippen LogP contribution in [0.4, 0.5) is 0 Å². The van der Waals surface area contributed by atoms with Gasteiger partial charge in [0.25, 0.3) is 0 Å². The number of ketones is 1. The van der Waals surface area contributed by atoms with Gasteiger partial charge in [0.1, 0.15) is 5.78 Å². The Kier molecular flexibility index (Phi) is 2.92. The molecule has 0 saturated heterocycles. The van der Waals surface area contributed by atoms with Crippen molar-refractivity contribution < 1.29 is 4.79 Å². The topological polar surface area (TPSA) is 17.1 Å². The summed E-state index contributed by atoms with van der Waals surface area (Å²) < 4.78 is 0. The van der Waals surface area contributed by atoms with Crippen LogP contribution in [0.1, 0.15) is 66.2 Å². The number of carbonyl (C=O) groups is 1. The van der Waals surface area contributed by atoms with Gasteiger partial charge in [0, 0.05) is 11.3 Å². The van der Waals surface area contributed by atoms with Crippen molar-refractivity contribution in [2.75, 3.05) is 0 Å². The van der Waals surface area contributed by atoms with Crippen molar-refractivity contribution in [2.45, 2.75) is 66.2 Å². The van der Waals surface area contributed by atoms with Crippen LogP contribution in [0.15, 0.2) is 0 Å². The lowest BCUT2D eigenvalue weighted by atomic mass is 9.60. The van der Waals surface area contributed by atoms with Gasteiger partial charge in [-0.15, -0.1) is 0 Å². The van der Waals surface area contributed by atoms with E-state index in [-0.39, 0.29) is 11.3 Å². The van der Waals surface area contributed by atoms with Crippen LogP contribution in [0.3, 0.4) is 0 Å². The van der Waals surface area contributed by atoms with Crippen LogP contribution < -0.4 is 0 Å². The van der Waals surface area contributed by atoms with Gasteiger partial charge < -0.3 is 0 Å². The summed E-state index contributed by atoms with van der Waals surface area (Å²) in [6.07, 6.45) is 7.78. The molecule has 16 heavy (non-hydrogen) atoms. The number of hydrogen-bond donors (Lipinski definition) is 0. The normalized spacial score (nSPS) is 26.4. The molecule has 2 saturated carbocycles. The maximum Gasteiger partial charge on any atom is 0.141 e. The van der Waals surface area contributed by atoms with Gasteiger partial charge in [0.2, 0.25) is 0 Å². The van der Waals surface area contributed by atoms with Gasteiger partial charge >= 0.3 is 0 Å². The summed E-state index contributed by atoms with van der Waals surface area (Å²) in [5, 5.41) is 0. The van der Waals surface area contributed by atoms with E-state index in [1.807, 2.05) is 0 Å². The Balaban J connectivity index is 2.14. The summed E-state index contributed by atoms with van der Waals surface area (Å²) in [5.41, 5.74) is 0.706. The first-order valence-electron chi connectivity index (χ1n) is 6.96. The molecule has 2 rings (SSSR count). The molecule has 1 heteroatoms. The lowest BCUT2D eigenvalue weighted by Gasteiger charge is -2.43. The standard InChI is InChI=1S/C15H26O/c1-11(2)13(16)15(12(3)4)9-7-14(5-6-14)8-10-15/h11-12H,5-10H2,1-4H3. The second-order valence-corrected chi connectivity index (χ2v) is 6.83. The fourth-order valence-electron chi connectivity index (χ4n) is 3.59. The molecule has 0 radical (unpaired) electrons. The van der Waals surface area contributed by atoms with Gasteiger partial charge in [-0.1, -0.05) is 27.7 Å². The Morgan fingerprint density at radius 1 is 0.875 bits per heavy atom. The summed E-state index contributed by atoms with van der Waals surface area (Å²) in [4.78, 5) is 12.5. The Morgan fingerprint density at radius 2 is 1.31 bits per heavy atom. The molecule has 0 bridgehead atoms. The fourth-order valence-corrected chi connectivity index (χ4v) is 3.59. The van der Waals surface area contributed by atoms with Gasteiger partial charge in [0.15, 0.2) is 0 Å². The highest BCUT2D eigenvalue weighted by Crippen LogP contribution is 2.61. The quantitative estimate of drug-likeness (QED) is 0.699. The molecule has 1 spiro atoms. The summed E-state index contributed by atoms with van der Waals surface area (Å²) in [6, 6.07) is 0. The smallest absolute Gasteiger partial charge is 0.141 e. The van der Waals surface area contributed by atoms with E-state index in [4.69, 9.17) is 0 Å². The lowest BCUT2D eigenvalue weighted by molar-refractivity contribution is -0.137. The van der Waals surface area contributed by atoms with E-state index in [2.05, 4.69) is 27.7 Å². The first-order chi connectivity index (χ1) is 7.42. The first kappa shape index (κ1) is 12.1. The largest absolute Gasteiger partial charge is 0.299 e. The average molecular weight is 222 g/mol. The van der Waals surface area contributed by atoms with E-state index in [1.54, 1.807) is 0 Å². The highest BCUT2D eigenvalue weighted by Gasteiger charge is 2.52. The molecule has 2 fully saturated rings. The van der Waals surface area contributed by atoms with Gasteiger partial charge in [-0.25, -0.2) is 0 Å². The van der Waals surface area contributed by atoms with E-state index in [0.29, 0.717) is 17.1 Å². The summed E-state index contributed by atoms with van der Waals surface area (Å²) in [5.74, 6) is 1.24. The summed E-state index contributed by atoms with van der Waals surface area (Å²) in [7, 11) is 0. The Labute approximate surface area is 100.0 Å². The molecule has 0 aliphatic heterocycles. The minimum absolute atomic E-state index is 0.0159. The minimum Gasteiger partial charge on any atom is -0.299 e. The summed E-state index contributed by atoms with van der Waals surface area (Å²) in [6.45, 7) is 8.61. The third-order valence-electron chi connectivity index (χ3n) is 5.28. The van der Waals surface area contributed by atoms with Gasteiger partial charge in [0.05, 0.1) is 0 Å². The molecular formula is C15H26O. The molecule has 0 aromatic rings. The van der Waals surface area contributed by atoms with Crippen molar-refractivity contribution in [3.8, 4) is 0 Å². The molecule has 0 unspecified atom stereocenters. The number of hydrogen-bond acceptors (Lipinski definition) is 1. The molecule has 2 aliphatic carbocycles. The molecule has 2 aliphatic rings. The van der Waals surface area contributed by atoms with E-state index >= 15 is 0 Å². The third-order valence-corrected chi connectivity index (χ3v) is 5.28. The molecule has 1 nitrogen and oxygen atoms in total. The van der Waals surface area contributed by atoms with Crippen LogP contribution >= 0.6 is 0 Å². The minimum atomic E-state index is 0.0159. The van der Waals surface area contributed by atoms with Crippen LogP contribution in [-0.4, -0.2) is 5.78 Å². The SMILES string of the molecule is CC(C)C(=O)C1(C(C)C)CCC2(CC2)CC1.